The van der Waals surface area contributed by atoms with Gasteiger partial charge in [-0.1, -0.05) is 119 Å². The van der Waals surface area contributed by atoms with Crippen molar-refractivity contribution in [3.63, 3.8) is 0 Å². The Morgan fingerprint density at radius 2 is 0.963 bits per heavy atom. The molecule has 1 unspecified atom stereocenters. The number of rotatable bonds is 6. The first-order chi connectivity index (χ1) is 24.5. The van der Waals surface area contributed by atoms with Crippen LogP contribution in [0.3, 0.4) is 0 Å². The second kappa shape index (κ2) is 19.6. The van der Waals surface area contributed by atoms with Gasteiger partial charge in [0.25, 0.3) is 0 Å². The largest absolute Gasteiger partial charge is 2.00 e. The average Bonchev–Trinajstić information content (AvgIpc) is 3.55. The van der Waals surface area contributed by atoms with Crippen LogP contribution in [0, 0.1) is 13.8 Å². The van der Waals surface area contributed by atoms with Gasteiger partial charge in [-0.2, -0.15) is 49.2 Å². The molecule has 0 saturated carbocycles. The molecule has 0 bridgehead atoms. The van der Waals surface area contributed by atoms with Crippen molar-refractivity contribution < 1.29 is 36.7 Å². The first-order valence-electron chi connectivity index (χ1n) is 19.3. The molecule has 0 amide bonds. The number of ether oxygens (including phenoxy) is 1. The summed E-state index contributed by atoms with van der Waals surface area (Å²) in [5, 5.41) is 23.1. The van der Waals surface area contributed by atoms with Crippen LogP contribution in [-0.2, 0) is 61.2 Å². The molecule has 1 aliphatic heterocycles. The number of hydrogen-bond acceptors (Lipinski definition) is 4. The molecule has 4 aromatic rings. The zero-order valence-electron chi connectivity index (χ0n) is 35.6. The molecule has 1 aliphatic rings. The molecule has 0 aromatic heterocycles. The van der Waals surface area contributed by atoms with Gasteiger partial charge in [0, 0.05) is 37.4 Å². The van der Waals surface area contributed by atoms with Crippen molar-refractivity contribution in [3.8, 4) is 11.5 Å². The molecular weight excluding hydrogens is 698 g/mol. The van der Waals surface area contributed by atoms with Gasteiger partial charge < -0.3 is 14.9 Å². The summed E-state index contributed by atoms with van der Waals surface area (Å²) in [5.41, 5.74) is 8.00. The van der Waals surface area contributed by atoms with Crippen molar-refractivity contribution in [1.82, 2.24) is 4.90 Å². The van der Waals surface area contributed by atoms with E-state index in [-0.39, 0.29) is 49.5 Å². The molecule has 1 fully saturated rings. The van der Waals surface area contributed by atoms with Crippen LogP contribution in [0.15, 0.2) is 84.9 Å². The molecule has 0 aliphatic carbocycles. The van der Waals surface area contributed by atoms with Crippen LogP contribution in [0.25, 0.3) is 0 Å². The predicted molar refractivity (Wildman–Crippen MR) is 226 cm³/mol. The minimum Gasteiger partial charge on any atom is -0.507 e. The van der Waals surface area contributed by atoms with Crippen LogP contribution < -0.4 is 0 Å². The van der Waals surface area contributed by atoms with E-state index in [1.165, 1.54) is 11.1 Å². The number of aromatic hydroxyl groups is 2. The number of nitrogens with zero attached hydrogens (tertiary/aromatic N) is 1. The second-order valence-corrected chi connectivity index (χ2v) is 18.8. The third-order valence-electron chi connectivity index (χ3n) is 9.69. The zero-order chi connectivity index (χ0) is 39.8. The standard InChI is InChI=1S/C35H55NO3.2C7H7.Ti/c1-32(2,3)25-16-23(30(37)28(18-25)34(7,8)9)20-36(22-27-14-13-15-39-27)21-24-17-26(33(4,5)6)19-29(31(24)38)35(10,11)12;2*1-7-5-3-2-4-6-7;/h16-19,27,37-38H,13-15,20-22H2,1-12H3;2*2-6H,1H2;/q;2*-1;+2. The Kier molecular flexibility index (Phi) is 17.1. The van der Waals surface area contributed by atoms with Gasteiger partial charge in [-0.25, -0.2) is 0 Å². The Morgan fingerprint density at radius 3 is 1.22 bits per heavy atom. The summed E-state index contributed by atoms with van der Waals surface area (Å²) < 4.78 is 6.06. The van der Waals surface area contributed by atoms with Crippen LogP contribution >= 0.6 is 0 Å². The molecule has 54 heavy (non-hydrogen) atoms. The van der Waals surface area contributed by atoms with E-state index < -0.39 is 0 Å². The van der Waals surface area contributed by atoms with E-state index in [9.17, 15) is 10.2 Å². The van der Waals surface area contributed by atoms with E-state index in [0.29, 0.717) is 24.6 Å². The topological polar surface area (TPSA) is 52.9 Å². The molecule has 1 heterocycles. The van der Waals surface area contributed by atoms with Crippen molar-refractivity contribution in [3.05, 3.63) is 143 Å². The molecule has 5 rings (SSSR count). The molecular formula is C49H69NO3Ti. The molecule has 0 radical (unpaired) electrons. The Morgan fingerprint density at radius 1 is 0.593 bits per heavy atom. The van der Waals surface area contributed by atoms with Crippen LogP contribution in [0.2, 0.25) is 0 Å². The first-order valence-corrected chi connectivity index (χ1v) is 19.3. The van der Waals surface area contributed by atoms with Gasteiger partial charge in [0.2, 0.25) is 0 Å². The van der Waals surface area contributed by atoms with E-state index >= 15 is 0 Å². The Labute approximate surface area is 344 Å². The summed E-state index contributed by atoms with van der Waals surface area (Å²) >= 11 is 0. The second-order valence-electron chi connectivity index (χ2n) is 18.8. The number of phenolic OH excluding ortho intramolecular Hbond substituents is 2. The molecule has 4 aromatic carbocycles. The smallest absolute Gasteiger partial charge is 0.507 e. The Bertz CT molecular complexity index is 1600. The van der Waals surface area contributed by atoms with E-state index in [0.717, 1.165) is 59.4 Å². The van der Waals surface area contributed by atoms with Gasteiger partial charge in [-0.15, -0.1) is 24.3 Å². The van der Waals surface area contributed by atoms with Crippen LogP contribution in [0.4, 0.5) is 0 Å². The summed E-state index contributed by atoms with van der Waals surface area (Å²) in [5.74, 6) is 0.770. The summed E-state index contributed by atoms with van der Waals surface area (Å²) in [6.07, 6.45) is 2.28. The summed E-state index contributed by atoms with van der Waals surface area (Å²) in [6.45, 7) is 36.5. The van der Waals surface area contributed by atoms with Crippen LogP contribution in [0.1, 0.15) is 140 Å². The van der Waals surface area contributed by atoms with Crippen LogP contribution in [0.5, 0.6) is 11.5 Å². The number of benzene rings is 4. The summed E-state index contributed by atoms with van der Waals surface area (Å²) in [4.78, 5) is 2.36. The molecule has 2 N–H and O–H groups in total. The SMILES string of the molecule is CC(C)(C)c1cc(CN(Cc2cc(C(C)(C)C)cc(C(C)(C)C)c2O)CC2CCCO2)c(O)c(C(C)(C)C)c1.[CH2-]c1ccccc1.[CH2-]c1ccccc1.[Ti+2]. The van der Waals surface area contributed by atoms with Crippen molar-refractivity contribution in [2.45, 2.75) is 137 Å². The third kappa shape index (κ3) is 14.5. The maximum Gasteiger partial charge on any atom is 2.00 e. The normalized spacial score (nSPS) is 14.7. The van der Waals surface area contributed by atoms with E-state index in [1.54, 1.807) is 0 Å². The minimum atomic E-state index is -0.180. The fourth-order valence-electron chi connectivity index (χ4n) is 6.34. The van der Waals surface area contributed by atoms with Gasteiger partial charge in [0.1, 0.15) is 11.5 Å². The molecule has 4 nitrogen and oxygen atoms in total. The molecule has 1 atom stereocenters. The monoisotopic (exact) mass is 767 g/mol. The quantitative estimate of drug-likeness (QED) is 0.152. The Balaban J connectivity index is 0.000000556. The summed E-state index contributed by atoms with van der Waals surface area (Å²) in [7, 11) is 0. The minimum absolute atomic E-state index is 0. The van der Waals surface area contributed by atoms with E-state index in [2.05, 4.69) is 126 Å². The predicted octanol–water partition coefficient (Wildman–Crippen LogP) is 12.2. The third-order valence-corrected chi connectivity index (χ3v) is 9.69. The fraction of sp³-hybridized carbons (Fsp3) is 0.469. The maximum atomic E-state index is 11.5. The van der Waals surface area contributed by atoms with Crippen molar-refractivity contribution in [1.29, 1.82) is 0 Å². The van der Waals surface area contributed by atoms with Crippen molar-refractivity contribution in [2.24, 2.45) is 0 Å². The molecule has 292 valence electrons. The van der Waals surface area contributed by atoms with E-state index in [4.69, 9.17) is 4.74 Å². The average molecular weight is 768 g/mol. The number of hydrogen-bond donors (Lipinski definition) is 2. The Hall–Kier alpha value is -3.15. The van der Waals surface area contributed by atoms with Crippen molar-refractivity contribution >= 4 is 0 Å². The van der Waals surface area contributed by atoms with Crippen LogP contribution in [-0.4, -0.2) is 34.4 Å². The molecule has 0 spiro atoms. The molecule has 1 saturated heterocycles. The summed E-state index contributed by atoms with van der Waals surface area (Å²) in [6, 6.07) is 28.5. The number of phenols is 2. The zero-order valence-corrected chi connectivity index (χ0v) is 37.1. The van der Waals surface area contributed by atoms with Gasteiger partial charge in [-0.05, 0) is 56.8 Å². The fourth-order valence-corrected chi connectivity index (χ4v) is 6.34. The van der Waals surface area contributed by atoms with Gasteiger partial charge >= 0.3 is 21.7 Å². The van der Waals surface area contributed by atoms with Gasteiger partial charge in [0.05, 0.1) is 6.10 Å². The van der Waals surface area contributed by atoms with Gasteiger partial charge in [0.15, 0.2) is 0 Å². The van der Waals surface area contributed by atoms with Crippen molar-refractivity contribution in [2.75, 3.05) is 13.2 Å². The maximum absolute atomic E-state index is 11.5. The van der Waals surface area contributed by atoms with Gasteiger partial charge in [-0.3, -0.25) is 4.90 Å². The first kappa shape index (κ1) is 47.0. The van der Waals surface area contributed by atoms with E-state index in [1.807, 2.05) is 60.7 Å². The molecule has 5 heteroatoms.